The minimum Gasteiger partial charge on any atom is -0.444 e. The van der Waals surface area contributed by atoms with E-state index in [-0.39, 0.29) is 11.3 Å². The molecule has 0 saturated heterocycles. The van der Waals surface area contributed by atoms with E-state index in [4.69, 9.17) is 9.26 Å². The number of hydrogen-bond acceptors (Lipinski definition) is 5. The van der Waals surface area contributed by atoms with Crippen LogP contribution in [0.4, 0.5) is 10.6 Å². The normalized spacial score (nSPS) is 13.9. The molecule has 1 heterocycles. The maximum Gasteiger partial charge on any atom is 0.408 e. The van der Waals surface area contributed by atoms with Crippen LogP contribution in [-0.4, -0.2) is 28.8 Å². The Morgan fingerprint density at radius 2 is 1.68 bits per heavy atom. The van der Waals surface area contributed by atoms with Crippen LogP contribution in [-0.2, 0) is 21.4 Å². The number of anilines is 1. The first-order chi connectivity index (χ1) is 14.2. The zero-order chi connectivity index (χ0) is 23.4. The highest BCUT2D eigenvalue weighted by atomic mass is 16.6. The lowest BCUT2D eigenvalue weighted by atomic mass is 9.86. The second-order valence-electron chi connectivity index (χ2n) is 10.0. The fourth-order valence-electron chi connectivity index (χ4n) is 2.96. The lowest BCUT2D eigenvalue weighted by Gasteiger charge is -2.21. The Morgan fingerprint density at radius 3 is 2.23 bits per heavy atom. The second-order valence-corrected chi connectivity index (χ2v) is 10.0. The average molecular weight is 430 g/mol. The summed E-state index contributed by atoms with van der Waals surface area (Å²) in [5.41, 5.74) is 1.99. The van der Waals surface area contributed by atoms with Crippen LogP contribution in [0, 0.1) is 0 Å². The molecule has 2 amide bonds. The predicted molar refractivity (Wildman–Crippen MR) is 121 cm³/mol. The molecule has 0 fully saturated rings. The van der Waals surface area contributed by atoms with Crippen LogP contribution in [0.15, 0.2) is 34.9 Å². The van der Waals surface area contributed by atoms with Crippen molar-refractivity contribution < 1.29 is 18.8 Å². The van der Waals surface area contributed by atoms with E-state index in [0.717, 1.165) is 6.42 Å². The predicted octanol–water partition coefficient (Wildman–Crippen LogP) is 5.17. The van der Waals surface area contributed by atoms with Crippen LogP contribution in [0.2, 0.25) is 0 Å². The molecule has 2 rings (SSSR count). The molecule has 1 unspecified atom stereocenters. The van der Waals surface area contributed by atoms with Crippen molar-refractivity contribution in [3.63, 3.8) is 0 Å². The summed E-state index contributed by atoms with van der Waals surface area (Å²) in [6.07, 6.45) is 0.144. The Balaban J connectivity index is 1.92. The summed E-state index contributed by atoms with van der Waals surface area (Å²) in [5, 5.41) is 9.10. The molecule has 170 valence electrons. The Bertz CT molecular complexity index is 889. The van der Waals surface area contributed by atoms with Gasteiger partial charge in [-0.15, -0.1) is 0 Å². The summed E-state index contributed by atoms with van der Waals surface area (Å²) >= 11 is 0. The number of nitrogens with zero attached hydrogens (tertiary/aromatic N) is 1. The summed E-state index contributed by atoms with van der Waals surface area (Å²) < 4.78 is 10.6. The summed E-state index contributed by atoms with van der Waals surface area (Å²) in [5.74, 6) is 0.683. The molecule has 0 aliphatic heterocycles. The topological polar surface area (TPSA) is 93.5 Å². The largest absolute Gasteiger partial charge is 0.444 e. The zero-order valence-corrected chi connectivity index (χ0v) is 19.8. The van der Waals surface area contributed by atoms with Gasteiger partial charge in [0.25, 0.3) is 0 Å². The van der Waals surface area contributed by atoms with Gasteiger partial charge in [0.15, 0.2) is 5.82 Å². The van der Waals surface area contributed by atoms with E-state index < -0.39 is 23.6 Å². The minimum absolute atomic E-state index is 0.0935. The van der Waals surface area contributed by atoms with Gasteiger partial charge in [-0.05, 0) is 50.7 Å². The summed E-state index contributed by atoms with van der Waals surface area (Å²) in [6, 6.07) is 9.53. The van der Waals surface area contributed by atoms with Crippen molar-refractivity contribution in [2.45, 2.75) is 84.8 Å². The van der Waals surface area contributed by atoms with Crippen molar-refractivity contribution in [2.24, 2.45) is 0 Å². The molecule has 0 spiro atoms. The third-order valence-electron chi connectivity index (χ3n) is 4.75. The van der Waals surface area contributed by atoms with Gasteiger partial charge in [0, 0.05) is 12.0 Å². The number of ether oxygens (including phenoxy) is 1. The number of amides is 2. The molecule has 0 radical (unpaired) electrons. The number of aromatic nitrogens is 1. The van der Waals surface area contributed by atoms with Crippen LogP contribution in [0.1, 0.15) is 78.2 Å². The average Bonchev–Trinajstić information content (AvgIpc) is 3.08. The highest BCUT2D eigenvalue weighted by molar-refractivity contribution is 5.95. The number of benzene rings is 1. The van der Waals surface area contributed by atoms with Crippen LogP contribution >= 0.6 is 0 Å². The van der Waals surface area contributed by atoms with E-state index in [1.807, 2.05) is 0 Å². The monoisotopic (exact) mass is 429 g/mol. The minimum atomic E-state index is -0.784. The molecule has 2 N–H and O–H groups in total. The van der Waals surface area contributed by atoms with Crippen molar-refractivity contribution in [2.75, 3.05) is 5.32 Å². The Kier molecular flexibility index (Phi) is 7.52. The number of alkyl carbamates (subject to hydrolysis) is 1. The lowest BCUT2D eigenvalue weighted by molar-refractivity contribution is -0.117. The van der Waals surface area contributed by atoms with Gasteiger partial charge >= 0.3 is 6.09 Å². The highest BCUT2D eigenvalue weighted by Crippen LogP contribution is 2.26. The van der Waals surface area contributed by atoms with Crippen molar-refractivity contribution in [3.05, 3.63) is 47.2 Å². The standard InChI is InChI=1S/C24H35N3O4/c1-15(13-17-9-11-18(12-10-17)23(3,4)5)19-14-20(27-31-19)26-21(28)16(2)25-22(29)30-24(6,7)8/h9-12,14-16H,13H2,1-8H3,(H,25,29)(H,26,27,28)/t15?,16-/m0/s1. The van der Waals surface area contributed by atoms with Gasteiger partial charge in [-0.2, -0.15) is 0 Å². The molecule has 2 aromatic rings. The van der Waals surface area contributed by atoms with Gasteiger partial charge in [-0.3, -0.25) is 4.79 Å². The van der Waals surface area contributed by atoms with Gasteiger partial charge in [-0.25, -0.2) is 4.79 Å². The van der Waals surface area contributed by atoms with E-state index in [1.165, 1.54) is 11.1 Å². The van der Waals surface area contributed by atoms with E-state index >= 15 is 0 Å². The summed E-state index contributed by atoms with van der Waals surface area (Å²) in [4.78, 5) is 24.2. The number of nitrogens with one attached hydrogen (secondary N) is 2. The zero-order valence-electron chi connectivity index (χ0n) is 19.8. The van der Waals surface area contributed by atoms with Crippen molar-refractivity contribution in [1.29, 1.82) is 0 Å². The van der Waals surface area contributed by atoms with Gasteiger partial charge in [0.05, 0.1) is 0 Å². The van der Waals surface area contributed by atoms with E-state index in [1.54, 1.807) is 33.8 Å². The summed E-state index contributed by atoms with van der Waals surface area (Å²) in [7, 11) is 0. The van der Waals surface area contributed by atoms with Gasteiger partial charge < -0.3 is 19.9 Å². The molecule has 1 aromatic carbocycles. The third-order valence-corrected chi connectivity index (χ3v) is 4.75. The first kappa shape index (κ1) is 24.4. The van der Waals surface area contributed by atoms with Crippen LogP contribution in [0.3, 0.4) is 0 Å². The maximum absolute atomic E-state index is 12.3. The smallest absolute Gasteiger partial charge is 0.408 e. The molecule has 2 atom stereocenters. The first-order valence-corrected chi connectivity index (χ1v) is 10.6. The third kappa shape index (κ3) is 7.74. The fourth-order valence-corrected chi connectivity index (χ4v) is 2.96. The molecular formula is C24H35N3O4. The number of carbonyl (C=O) groups excluding carboxylic acids is 2. The molecule has 31 heavy (non-hydrogen) atoms. The quantitative estimate of drug-likeness (QED) is 0.661. The Hall–Kier alpha value is -2.83. The lowest BCUT2D eigenvalue weighted by Crippen LogP contribution is -2.44. The summed E-state index contributed by atoms with van der Waals surface area (Å²) in [6.45, 7) is 15.5. The molecule has 0 aliphatic carbocycles. The number of rotatable bonds is 6. The Morgan fingerprint density at radius 1 is 1.06 bits per heavy atom. The van der Waals surface area contributed by atoms with E-state index in [0.29, 0.717) is 11.6 Å². The molecular weight excluding hydrogens is 394 g/mol. The van der Waals surface area contributed by atoms with Gasteiger partial charge in [0.2, 0.25) is 5.91 Å². The molecule has 0 bridgehead atoms. The highest BCUT2D eigenvalue weighted by Gasteiger charge is 2.22. The van der Waals surface area contributed by atoms with Crippen molar-refractivity contribution in [1.82, 2.24) is 10.5 Å². The molecule has 7 nitrogen and oxygen atoms in total. The number of hydrogen-bond donors (Lipinski definition) is 2. The van der Waals surface area contributed by atoms with Gasteiger partial charge in [-0.1, -0.05) is 57.1 Å². The van der Waals surface area contributed by atoms with Crippen molar-refractivity contribution in [3.8, 4) is 0 Å². The van der Waals surface area contributed by atoms with Crippen LogP contribution in [0.5, 0.6) is 0 Å². The van der Waals surface area contributed by atoms with Gasteiger partial charge in [0.1, 0.15) is 17.4 Å². The Labute approximate surface area is 184 Å². The maximum atomic E-state index is 12.3. The second kappa shape index (κ2) is 9.54. The molecule has 7 heteroatoms. The van der Waals surface area contributed by atoms with Crippen LogP contribution < -0.4 is 10.6 Å². The molecule has 0 aliphatic rings. The van der Waals surface area contributed by atoms with E-state index in [9.17, 15) is 9.59 Å². The molecule has 1 aromatic heterocycles. The van der Waals surface area contributed by atoms with Crippen LogP contribution in [0.25, 0.3) is 0 Å². The molecule has 0 saturated carbocycles. The van der Waals surface area contributed by atoms with E-state index in [2.05, 4.69) is 67.8 Å². The van der Waals surface area contributed by atoms with Crippen molar-refractivity contribution >= 4 is 17.8 Å². The SMILES string of the molecule is CC(Cc1ccc(C(C)(C)C)cc1)c1cc(NC(=O)[C@H](C)NC(=O)OC(C)(C)C)no1. The first-order valence-electron chi connectivity index (χ1n) is 10.6. The fraction of sp³-hybridized carbons (Fsp3) is 0.542. The number of carbonyl (C=O) groups is 2.